The molecule has 0 spiro atoms. The third kappa shape index (κ3) is 2.83. The predicted octanol–water partition coefficient (Wildman–Crippen LogP) is 3.34. The van der Waals surface area contributed by atoms with E-state index in [1.54, 1.807) is 7.11 Å². The number of methoxy groups -OCH3 is 1. The zero-order valence-corrected chi connectivity index (χ0v) is 11.8. The smallest absolute Gasteiger partial charge is 0.213 e. The number of rotatable bonds is 4. The summed E-state index contributed by atoms with van der Waals surface area (Å²) in [6.07, 6.45) is 7.15. The number of nitrogens with zero attached hydrogens (tertiary/aromatic N) is 2. The quantitative estimate of drug-likeness (QED) is 0.817. The standard InChI is InChI=1S/C15H24N2O/c1-4-8-17-9-6-5-7-14(17)13-11-16-15(18-3)10-12(13)2/h10-11,14H,4-9H2,1-3H3. The summed E-state index contributed by atoms with van der Waals surface area (Å²) < 4.78 is 5.19. The molecule has 2 heterocycles. The lowest BCUT2D eigenvalue weighted by Crippen LogP contribution is -2.34. The monoisotopic (exact) mass is 248 g/mol. The molecule has 0 aliphatic carbocycles. The normalized spacial score (nSPS) is 20.9. The summed E-state index contributed by atoms with van der Waals surface area (Å²) in [5.74, 6) is 0.717. The Labute approximate surface area is 110 Å². The van der Waals surface area contributed by atoms with Crippen LogP contribution in [0.15, 0.2) is 12.3 Å². The number of hydrogen-bond acceptors (Lipinski definition) is 3. The van der Waals surface area contributed by atoms with E-state index in [2.05, 4.69) is 23.7 Å². The minimum Gasteiger partial charge on any atom is -0.481 e. The van der Waals surface area contributed by atoms with Crippen molar-refractivity contribution in [2.75, 3.05) is 20.2 Å². The van der Waals surface area contributed by atoms with Gasteiger partial charge in [0.05, 0.1) is 7.11 Å². The van der Waals surface area contributed by atoms with Gasteiger partial charge in [-0.05, 0) is 50.4 Å². The Morgan fingerprint density at radius 2 is 2.28 bits per heavy atom. The number of piperidine rings is 1. The van der Waals surface area contributed by atoms with Crippen molar-refractivity contribution in [2.45, 2.75) is 45.6 Å². The Hall–Kier alpha value is -1.09. The molecule has 1 aliphatic heterocycles. The first kappa shape index (κ1) is 13.3. The Morgan fingerprint density at radius 1 is 1.44 bits per heavy atom. The summed E-state index contributed by atoms with van der Waals surface area (Å²) in [6, 6.07) is 2.60. The van der Waals surface area contributed by atoms with Crippen molar-refractivity contribution in [3.05, 3.63) is 23.4 Å². The summed E-state index contributed by atoms with van der Waals surface area (Å²) in [4.78, 5) is 6.99. The van der Waals surface area contributed by atoms with Crippen LogP contribution in [-0.4, -0.2) is 30.1 Å². The second kappa shape index (κ2) is 6.19. The third-order valence-electron chi connectivity index (χ3n) is 3.82. The van der Waals surface area contributed by atoms with E-state index in [-0.39, 0.29) is 0 Å². The van der Waals surface area contributed by atoms with E-state index in [9.17, 15) is 0 Å². The number of aryl methyl sites for hydroxylation is 1. The molecule has 0 saturated carbocycles. The van der Waals surface area contributed by atoms with Crippen LogP contribution in [-0.2, 0) is 0 Å². The second-order valence-corrected chi connectivity index (χ2v) is 5.13. The van der Waals surface area contributed by atoms with Crippen LogP contribution in [0.4, 0.5) is 0 Å². The largest absolute Gasteiger partial charge is 0.481 e. The van der Waals surface area contributed by atoms with Gasteiger partial charge in [-0.2, -0.15) is 0 Å². The fourth-order valence-corrected chi connectivity index (χ4v) is 2.90. The molecule has 1 saturated heterocycles. The van der Waals surface area contributed by atoms with E-state index in [4.69, 9.17) is 4.74 Å². The molecule has 1 aromatic heterocycles. The molecule has 1 atom stereocenters. The Kier molecular flexibility index (Phi) is 4.59. The van der Waals surface area contributed by atoms with Crippen molar-refractivity contribution in [1.29, 1.82) is 0 Å². The molecule has 3 heteroatoms. The van der Waals surface area contributed by atoms with Crippen LogP contribution in [0.2, 0.25) is 0 Å². The molecule has 0 amide bonds. The third-order valence-corrected chi connectivity index (χ3v) is 3.82. The van der Waals surface area contributed by atoms with Crippen molar-refractivity contribution in [3.8, 4) is 5.88 Å². The fraction of sp³-hybridized carbons (Fsp3) is 0.667. The highest BCUT2D eigenvalue weighted by Gasteiger charge is 2.24. The molecular weight excluding hydrogens is 224 g/mol. The van der Waals surface area contributed by atoms with Gasteiger partial charge in [0, 0.05) is 18.3 Å². The average molecular weight is 248 g/mol. The summed E-state index contributed by atoms with van der Waals surface area (Å²) >= 11 is 0. The summed E-state index contributed by atoms with van der Waals surface area (Å²) in [5.41, 5.74) is 2.68. The second-order valence-electron chi connectivity index (χ2n) is 5.13. The minimum atomic E-state index is 0.553. The highest BCUT2D eigenvalue weighted by atomic mass is 16.5. The SMILES string of the molecule is CCCN1CCCCC1c1cnc(OC)cc1C. The van der Waals surface area contributed by atoms with Crippen molar-refractivity contribution < 1.29 is 4.74 Å². The first-order chi connectivity index (χ1) is 8.76. The van der Waals surface area contributed by atoms with Crippen LogP contribution >= 0.6 is 0 Å². The van der Waals surface area contributed by atoms with Gasteiger partial charge in [-0.25, -0.2) is 4.98 Å². The van der Waals surface area contributed by atoms with Gasteiger partial charge in [-0.3, -0.25) is 4.90 Å². The Bertz CT molecular complexity index is 390. The number of pyridine rings is 1. The summed E-state index contributed by atoms with van der Waals surface area (Å²) in [5, 5.41) is 0. The molecule has 1 aliphatic rings. The number of likely N-dealkylation sites (tertiary alicyclic amines) is 1. The van der Waals surface area contributed by atoms with Crippen LogP contribution in [0, 0.1) is 6.92 Å². The predicted molar refractivity (Wildman–Crippen MR) is 74.0 cm³/mol. The number of hydrogen-bond donors (Lipinski definition) is 0. The minimum absolute atomic E-state index is 0.553. The molecule has 0 bridgehead atoms. The first-order valence-electron chi connectivity index (χ1n) is 7.00. The molecule has 0 radical (unpaired) electrons. The van der Waals surface area contributed by atoms with E-state index in [0.717, 1.165) is 0 Å². The Morgan fingerprint density at radius 3 is 2.94 bits per heavy atom. The molecule has 1 aromatic rings. The molecule has 3 nitrogen and oxygen atoms in total. The molecule has 1 unspecified atom stereocenters. The van der Waals surface area contributed by atoms with E-state index in [0.29, 0.717) is 11.9 Å². The molecule has 0 aromatic carbocycles. The number of aromatic nitrogens is 1. The van der Waals surface area contributed by atoms with Gasteiger partial charge in [0.1, 0.15) is 0 Å². The van der Waals surface area contributed by atoms with E-state index in [1.807, 2.05) is 12.3 Å². The van der Waals surface area contributed by atoms with E-state index in [1.165, 1.54) is 49.9 Å². The van der Waals surface area contributed by atoms with Crippen LogP contribution in [0.3, 0.4) is 0 Å². The maximum atomic E-state index is 5.19. The average Bonchev–Trinajstić information content (AvgIpc) is 2.40. The van der Waals surface area contributed by atoms with Crippen LogP contribution in [0.1, 0.15) is 49.8 Å². The number of ether oxygens (including phenoxy) is 1. The molecular formula is C15H24N2O. The van der Waals surface area contributed by atoms with Crippen LogP contribution in [0.5, 0.6) is 5.88 Å². The van der Waals surface area contributed by atoms with E-state index < -0.39 is 0 Å². The lowest BCUT2D eigenvalue weighted by atomic mass is 9.93. The van der Waals surface area contributed by atoms with Gasteiger partial charge in [0.15, 0.2) is 0 Å². The zero-order valence-electron chi connectivity index (χ0n) is 11.8. The molecule has 18 heavy (non-hydrogen) atoms. The summed E-state index contributed by atoms with van der Waals surface area (Å²) in [7, 11) is 1.67. The highest BCUT2D eigenvalue weighted by Crippen LogP contribution is 2.33. The van der Waals surface area contributed by atoms with Crippen LogP contribution < -0.4 is 4.74 Å². The lowest BCUT2D eigenvalue weighted by molar-refractivity contribution is 0.148. The van der Waals surface area contributed by atoms with Gasteiger partial charge in [-0.1, -0.05) is 13.3 Å². The molecule has 2 rings (SSSR count). The highest BCUT2D eigenvalue weighted by molar-refractivity contribution is 5.31. The topological polar surface area (TPSA) is 25.4 Å². The maximum absolute atomic E-state index is 5.19. The lowest BCUT2D eigenvalue weighted by Gasteiger charge is -2.36. The van der Waals surface area contributed by atoms with E-state index >= 15 is 0 Å². The Balaban J connectivity index is 2.22. The maximum Gasteiger partial charge on any atom is 0.213 e. The van der Waals surface area contributed by atoms with Crippen molar-refractivity contribution >= 4 is 0 Å². The van der Waals surface area contributed by atoms with Crippen molar-refractivity contribution in [1.82, 2.24) is 9.88 Å². The van der Waals surface area contributed by atoms with Gasteiger partial charge >= 0.3 is 0 Å². The van der Waals surface area contributed by atoms with Gasteiger partial charge in [0.2, 0.25) is 5.88 Å². The first-order valence-corrected chi connectivity index (χ1v) is 7.00. The zero-order chi connectivity index (χ0) is 13.0. The van der Waals surface area contributed by atoms with Gasteiger partial charge < -0.3 is 4.74 Å². The molecule has 0 N–H and O–H groups in total. The van der Waals surface area contributed by atoms with Crippen LogP contribution in [0.25, 0.3) is 0 Å². The van der Waals surface area contributed by atoms with Crippen molar-refractivity contribution in [3.63, 3.8) is 0 Å². The molecule has 100 valence electrons. The van der Waals surface area contributed by atoms with Gasteiger partial charge in [0.25, 0.3) is 0 Å². The molecule has 1 fully saturated rings. The summed E-state index contributed by atoms with van der Waals surface area (Å²) in [6.45, 7) is 6.84. The van der Waals surface area contributed by atoms with Gasteiger partial charge in [-0.15, -0.1) is 0 Å². The fourth-order valence-electron chi connectivity index (χ4n) is 2.90. The van der Waals surface area contributed by atoms with Crippen molar-refractivity contribution in [2.24, 2.45) is 0 Å².